The molecule has 0 aromatic rings. The molecule has 0 bridgehead atoms. The molecule has 4 nitrogen and oxygen atoms in total. The summed E-state index contributed by atoms with van der Waals surface area (Å²) in [6.07, 6.45) is 5.97. The van der Waals surface area contributed by atoms with Crippen LogP contribution in [0.1, 0.15) is 12.8 Å². The van der Waals surface area contributed by atoms with Gasteiger partial charge < -0.3 is 10.7 Å². The normalized spacial score (nSPS) is 29.1. The van der Waals surface area contributed by atoms with Crippen LogP contribution in [0.2, 0.25) is 0 Å². The molecule has 0 aromatic carbocycles. The zero-order valence-corrected chi connectivity index (χ0v) is 6.30. The SMILES string of the molecule is C1=NC=C2NNCCCC2N1. The Morgan fingerprint density at radius 3 is 3.55 bits per heavy atom. The molecule has 2 aliphatic heterocycles. The molecule has 2 rings (SSSR count). The van der Waals surface area contributed by atoms with E-state index in [0.29, 0.717) is 6.04 Å². The molecule has 3 N–H and O–H groups in total. The summed E-state index contributed by atoms with van der Waals surface area (Å²) >= 11 is 0. The first-order valence-corrected chi connectivity index (χ1v) is 3.93. The van der Waals surface area contributed by atoms with Crippen molar-refractivity contribution in [3.63, 3.8) is 0 Å². The van der Waals surface area contributed by atoms with Crippen LogP contribution < -0.4 is 16.2 Å². The Labute approximate surface area is 65.7 Å². The van der Waals surface area contributed by atoms with Crippen molar-refractivity contribution >= 4 is 6.34 Å². The summed E-state index contributed by atoms with van der Waals surface area (Å²) in [5, 5.41) is 3.20. The van der Waals surface area contributed by atoms with Gasteiger partial charge >= 0.3 is 0 Å². The smallest absolute Gasteiger partial charge is 0.0885 e. The lowest BCUT2D eigenvalue weighted by Crippen LogP contribution is -2.39. The standard InChI is InChI=1S/C7H12N4/c1-2-6-7(11-10-3-1)4-8-5-9-6/h4-6,10-11H,1-3H2,(H,8,9). The van der Waals surface area contributed by atoms with E-state index in [1.807, 2.05) is 6.20 Å². The Hall–Kier alpha value is -1.03. The number of nitrogens with one attached hydrogen (secondary N) is 3. The van der Waals surface area contributed by atoms with E-state index >= 15 is 0 Å². The molecular weight excluding hydrogens is 140 g/mol. The van der Waals surface area contributed by atoms with Crippen LogP contribution in [0.3, 0.4) is 0 Å². The average Bonchev–Trinajstić information content (AvgIpc) is 2.28. The average molecular weight is 152 g/mol. The Bertz CT molecular complexity index is 197. The molecule has 1 fully saturated rings. The first-order chi connectivity index (χ1) is 5.47. The van der Waals surface area contributed by atoms with Gasteiger partial charge in [-0.2, -0.15) is 0 Å². The fourth-order valence-electron chi connectivity index (χ4n) is 1.35. The second-order valence-corrected chi connectivity index (χ2v) is 2.78. The van der Waals surface area contributed by atoms with Gasteiger partial charge in [-0.3, -0.25) is 0 Å². The van der Waals surface area contributed by atoms with E-state index < -0.39 is 0 Å². The highest BCUT2D eigenvalue weighted by atomic mass is 15.4. The second-order valence-electron chi connectivity index (χ2n) is 2.78. The number of hydrazine groups is 1. The van der Waals surface area contributed by atoms with E-state index in [1.165, 1.54) is 6.42 Å². The molecule has 1 saturated heterocycles. The van der Waals surface area contributed by atoms with Crippen LogP contribution in [-0.4, -0.2) is 18.9 Å². The monoisotopic (exact) mass is 152 g/mol. The maximum absolute atomic E-state index is 4.00. The summed E-state index contributed by atoms with van der Waals surface area (Å²) in [7, 11) is 0. The molecule has 2 aliphatic rings. The predicted molar refractivity (Wildman–Crippen MR) is 43.9 cm³/mol. The van der Waals surface area contributed by atoms with Gasteiger partial charge in [0.25, 0.3) is 0 Å². The number of hydrogen-bond acceptors (Lipinski definition) is 4. The molecular formula is C7H12N4. The molecule has 0 aromatic heterocycles. The van der Waals surface area contributed by atoms with Gasteiger partial charge in [-0.25, -0.2) is 10.4 Å². The minimum atomic E-state index is 0.433. The molecule has 0 amide bonds. The van der Waals surface area contributed by atoms with Crippen molar-refractivity contribution in [2.45, 2.75) is 18.9 Å². The molecule has 1 atom stereocenters. The van der Waals surface area contributed by atoms with E-state index in [1.54, 1.807) is 6.34 Å². The number of nitrogens with zero attached hydrogens (tertiary/aromatic N) is 1. The summed E-state index contributed by atoms with van der Waals surface area (Å²) in [4.78, 5) is 4.00. The highest BCUT2D eigenvalue weighted by molar-refractivity contribution is 5.58. The molecule has 11 heavy (non-hydrogen) atoms. The van der Waals surface area contributed by atoms with Crippen LogP contribution in [-0.2, 0) is 0 Å². The number of fused-ring (bicyclic) bond motifs is 1. The number of hydrogen-bond donors (Lipinski definition) is 3. The van der Waals surface area contributed by atoms with Crippen LogP contribution in [0.4, 0.5) is 0 Å². The molecule has 1 unspecified atom stereocenters. The Morgan fingerprint density at radius 2 is 2.55 bits per heavy atom. The molecule has 4 heteroatoms. The van der Waals surface area contributed by atoms with Crippen molar-refractivity contribution in [1.82, 2.24) is 16.2 Å². The molecule has 2 heterocycles. The first kappa shape index (κ1) is 6.67. The van der Waals surface area contributed by atoms with Crippen LogP contribution in [0, 0.1) is 0 Å². The summed E-state index contributed by atoms with van der Waals surface area (Å²) in [6.45, 7) is 1.02. The van der Waals surface area contributed by atoms with Gasteiger partial charge in [-0.1, -0.05) is 0 Å². The van der Waals surface area contributed by atoms with Crippen molar-refractivity contribution in [3.05, 3.63) is 11.9 Å². The van der Waals surface area contributed by atoms with Gasteiger partial charge in [0.2, 0.25) is 0 Å². The van der Waals surface area contributed by atoms with Crippen LogP contribution in [0.25, 0.3) is 0 Å². The molecule has 0 aliphatic carbocycles. The van der Waals surface area contributed by atoms with Gasteiger partial charge in [0.1, 0.15) is 0 Å². The predicted octanol–water partition coefficient (Wildman–Crippen LogP) is -0.284. The zero-order chi connectivity index (χ0) is 7.52. The lowest BCUT2D eigenvalue weighted by molar-refractivity contribution is 0.599. The summed E-state index contributed by atoms with van der Waals surface area (Å²) in [6, 6.07) is 0.433. The van der Waals surface area contributed by atoms with Crippen LogP contribution >= 0.6 is 0 Å². The van der Waals surface area contributed by atoms with Gasteiger partial charge in [0.05, 0.1) is 24.3 Å². The van der Waals surface area contributed by atoms with Crippen LogP contribution in [0.5, 0.6) is 0 Å². The number of aliphatic imine (C=N–C) groups is 1. The quantitative estimate of drug-likeness (QED) is 0.447. The second kappa shape index (κ2) is 2.92. The molecule has 0 saturated carbocycles. The van der Waals surface area contributed by atoms with E-state index in [-0.39, 0.29) is 0 Å². The van der Waals surface area contributed by atoms with Crippen molar-refractivity contribution in [3.8, 4) is 0 Å². The molecule has 0 spiro atoms. The van der Waals surface area contributed by atoms with E-state index in [0.717, 1.165) is 18.7 Å². The zero-order valence-electron chi connectivity index (χ0n) is 6.30. The fourth-order valence-corrected chi connectivity index (χ4v) is 1.35. The highest BCUT2D eigenvalue weighted by Gasteiger charge is 2.16. The maximum atomic E-state index is 4.00. The van der Waals surface area contributed by atoms with Gasteiger partial charge in [-0.15, -0.1) is 0 Å². The van der Waals surface area contributed by atoms with Crippen molar-refractivity contribution in [1.29, 1.82) is 0 Å². The third kappa shape index (κ3) is 1.35. The Morgan fingerprint density at radius 1 is 1.55 bits per heavy atom. The van der Waals surface area contributed by atoms with Gasteiger partial charge in [0, 0.05) is 6.54 Å². The third-order valence-electron chi connectivity index (χ3n) is 1.97. The third-order valence-corrected chi connectivity index (χ3v) is 1.97. The van der Waals surface area contributed by atoms with Crippen LogP contribution in [0.15, 0.2) is 16.9 Å². The number of rotatable bonds is 0. The summed E-state index contributed by atoms with van der Waals surface area (Å²) < 4.78 is 0. The topological polar surface area (TPSA) is 48.5 Å². The van der Waals surface area contributed by atoms with E-state index in [9.17, 15) is 0 Å². The summed E-state index contributed by atoms with van der Waals surface area (Å²) in [5.74, 6) is 0. The van der Waals surface area contributed by atoms with E-state index in [2.05, 4.69) is 21.2 Å². The summed E-state index contributed by atoms with van der Waals surface area (Å²) in [5.41, 5.74) is 7.38. The van der Waals surface area contributed by atoms with Crippen molar-refractivity contribution in [2.24, 2.45) is 4.99 Å². The largest absolute Gasteiger partial charge is 0.368 e. The van der Waals surface area contributed by atoms with Gasteiger partial charge in [-0.05, 0) is 12.8 Å². The lowest BCUT2D eigenvalue weighted by atomic mass is 10.1. The van der Waals surface area contributed by atoms with Crippen molar-refractivity contribution in [2.75, 3.05) is 6.54 Å². The molecule has 60 valence electrons. The fraction of sp³-hybridized carbons (Fsp3) is 0.571. The van der Waals surface area contributed by atoms with E-state index in [4.69, 9.17) is 0 Å². The highest BCUT2D eigenvalue weighted by Crippen LogP contribution is 2.09. The van der Waals surface area contributed by atoms with Crippen molar-refractivity contribution < 1.29 is 0 Å². The first-order valence-electron chi connectivity index (χ1n) is 3.93. The minimum Gasteiger partial charge on any atom is -0.368 e. The minimum absolute atomic E-state index is 0.433. The Kier molecular flexibility index (Phi) is 1.77. The maximum Gasteiger partial charge on any atom is 0.0885 e. The Balaban J connectivity index is 2.11. The molecule has 0 radical (unpaired) electrons. The lowest BCUT2D eigenvalue weighted by Gasteiger charge is -2.19. The van der Waals surface area contributed by atoms with Gasteiger partial charge in [0.15, 0.2) is 0 Å².